The van der Waals surface area contributed by atoms with Gasteiger partial charge in [0.05, 0.1) is 13.2 Å². The van der Waals surface area contributed by atoms with Gasteiger partial charge >= 0.3 is 0 Å². The largest absolute Gasteiger partial charge is 0.488 e. The number of hydrogen-bond acceptors (Lipinski definition) is 5. The number of nitrogens with zero attached hydrogens (tertiary/aromatic N) is 1. The second-order valence-corrected chi connectivity index (χ2v) is 6.56. The highest BCUT2D eigenvalue weighted by atomic mass is 19.1. The Balaban J connectivity index is 1.39. The van der Waals surface area contributed by atoms with E-state index < -0.39 is 5.82 Å². The van der Waals surface area contributed by atoms with Crippen molar-refractivity contribution >= 4 is 5.91 Å². The molecule has 1 atom stereocenters. The molecule has 1 saturated heterocycles. The monoisotopic (exact) mass is 373 g/mol. The minimum absolute atomic E-state index is 0.108. The molecule has 2 aromatic rings. The molecular weight excluding hydrogens is 353 g/mol. The van der Waals surface area contributed by atoms with E-state index >= 15 is 0 Å². The van der Waals surface area contributed by atoms with Gasteiger partial charge in [0, 0.05) is 12.1 Å². The Morgan fingerprint density at radius 3 is 2.96 bits per heavy atom. The average molecular weight is 373 g/mol. The van der Waals surface area contributed by atoms with Crippen LogP contribution in [0.3, 0.4) is 0 Å². The molecule has 0 aromatic heterocycles. The van der Waals surface area contributed by atoms with Gasteiger partial charge in [0.1, 0.15) is 12.7 Å². The Labute approximate surface area is 156 Å². The van der Waals surface area contributed by atoms with Gasteiger partial charge in [-0.15, -0.1) is 0 Å². The second-order valence-electron chi connectivity index (χ2n) is 6.56. The molecule has 0 radical (unpaired) electrons. The van der Waals surface area contributed by atoms with Crippen molar-refractivity contribution in [3.63, 3.8) is 0 Å². The second kappa shape index (κ2) is 7.44. The lowest BCUT2D eigenvalue weighted by Crippen LogP contribution is -2.47. The van der Waals surface area contributed by atoms with Crippen molar-refractivity contribution in [3.05, 3.63) is 53.3 Å². The number of amides is 1. The number of hydrogen-bond donors (Lipinski definition) is 0. The van der Waals surface area contributed by atoms with Gasteiger partial charge in [-0.3, -0.25) is 4.79 Å². The van der Waals surface area contributed by atoms with E-state index in [1.54, 1.807) is 35.2 Å². The Hall–Kier alpha value is -2.80. The van der Waals surface area contributed by atoms with E-state index in [4.69, 9.17) is 18.9 Å². The third kappa shape index (κ3) is 3.83. The molecule has 6 nitrogen and oxygen atoms in total. The average Bonchev–Trinajstić information content (AvgIpc) is 3.16. The number of aryl methyl sites for hydroxylation is 1. The number of carbonyl (C=O) groups is 1. The molecule has 0 spiro atoms. The summed E-state index contributed by atoms with van der Waals surface area (Å²) in [6, 6.07) is 9.85. The summed E-state index contributed by atoms with van der Waals surface area (Å²) in [7, 11) is 0. The molecule has 142 valence electrons. The Morgan fingerprint density at radius 2 is 2.07 bits per heavy atom. The van der Waals surface area contributed by atoms with Crippen LogP contribution in [0, 0.1) is 12.7 Å². The normalized spacial score (nSPS) is 18.4. The molecule has 27 heavy (non-hydrogen) atoms. The molecule has 2 heterocycles. The molecule has 2 aromatic carbocycles. The summed E-state index contributed by atoms with van der Waals surface area (Å²) in [5, 5.41) is 0. The summed E-state index contributed by atoms with van der Waals surface area (Å²) in [4.78, 5) is 14.5. The lowest BCUT2D eigenvalue weighted by molar-refractivity contribution is -0.0405. The summed E-state index contributed by atoms with van der Waals surface area (Å²) >= 11 is 0. The van der Waals surface area contributed by atoms with Gasteiger partial charge in [-0.1, -0.05) is 6.07 Å². The van der Waals surface area contributed by atoms with Crippen LogP contribution in [0.5, 0.6) is 17.2 Å². The van der Waals surface area contributed by atoms with Crippen LogP contribution >= 0.6 is 0 Å². The first-order valence-electron chi connectivity index (χ1n) is 8.79. The van der Waals surface area contributed by atoms with E-state index in [9.17, 15) is 9.18 Å². The highest BCUT2D eigenvalue weighted by Crippen LogP contribution is 2.33. The lowest BCUT2D eigenvalue weighted by Gasteiger charge is -2.33. The minimum atomic E-state index is -0.412. The Kier molecular flexibility index (Phi) is 4.85. The van der Waals surface area contributed by atoms with Crippen molar-refractivity contribution in [2.45, 2.75) is 13.0 Å². The van der Waals surface area contributed by atoms with E-state index in [1.807, 2.05) is 6.92 Å². The summed E-state index contributed by atoms with van der Waals surface area (Å²) in [5.74, 6) is 0.884. The summed E-state index contributed by atoms with van der Waals surface area (Å²) in [6.45, 7) is 3.48. The first kappa shape index (κ1) is 17.6. The molecule has 1 unspecified atom stereocenters. The SMILES string of the molecule is Cc1ccc(F)c(OCC2CN(C(=O)c3ccc4c(c3)OCO4)CCO2)c1. The molecule has 4 rings (SSSR count). The lowest BCUT2D eigenvalue weighted by atomic mass is 10.1. The number of halogens is 1. The van der Waals surface area contributed by atoms with Crippen LogP contribution in [-0.4, -0.2) is 50.0 Å². The van der Waals surface area contributed by atoms with E-state index in [-0.39, 0.29) is 31.2 Å². The predicted octanol–water partition coefficient (Wildman–Crippen LogP) is 2.78. The summed E-state index contributed by atoms with van der Waals surface area (Å²) in [6.07, 6.45) is -0.323. The van der Waals surface area contributed by atoms with Crippen LogP contribution in [0.15, 0.2) is 36.4 Å². The molecular formula is C20H20FNO5. The van der Waals surface area contributed by atoms with Crippen molar-refractivity contribution in [2.75, 3.05) is 33.1 Å². The van der Waals surface area contributed by atoms with E-state index in [0.29, 0.717) is 36.8 Å². The van der Waals surface area contributed by atoms with Gasteiger partial charge in [-0.25, -0.2) is 4.39 Å². The fourth-order valence-corrected chi connectivity index (χ4v) is 3.12. The number of carbonyl (C=O) groups excluding carboxylic acids is 1. The molecule has 2 aliphatic rings. The molecule has 1 amide bonds. The van der Waals surface area contributed by atoms with Crippen LogP contribution < -0.4 is 14.2 Å². The third-order valence-corrected chi connectivity index (χ3v) is 4.56. The zero-order chi connectivity index (χ0) is 18.8. The smallest absolute Gasteiger partial charge is 0.254 e. The van der Waals surface area contributed by atoms with E-state index in [2.05, 4.69) is 0 Å². The quantitative estimate of drug-likeness (QED) is 0.825. The Bertz CT molecular complexity index is 856. The molecule has 7 heteroatoms. The summed E-state index contributed by atoms with van der Waals surface area (Å²) < 4.78 is 35.7. The molecule has 0 aliphatic carbocycles. The van der Waals surface area contributed by atoms with Crippen molar-refractivity contribution in [3.8, 4) is 17.2 Å². The standard InChI is InChI=1S/C20H20FNO5/c1-13-2-4-16(21)18(8-13)25-11-15-10-22(6-7-24-15)20(23)14-3-5-17-19(9-14)27-12-26-17/h2-5,8-9,15H,6-7,10-12H2,1H3. The van der Waals surface area contributed by atoms with Gasteiger partial charge in [0.15, 0.2) is 23.1 Å². The predicted molar refractivity (Wildman–Crippen MR) is 94.8 cm³/mol. The van der Waals surface area contributed by atoms with E-state index in [0.717, 1.165) is 5.56 Å². The fraction of sp³-hybridized carbons (Fsp3) is 0.350. The number of morpholine rings is 1. The van der Waals surface area contributed by atoms with Crippen LogP contribution in [0.4, 0.5) is 4.39 Å². The van der Waals surface area contributed by atoms with Gasteiger partial charge < -0.3 is 23.8 Å². The zero-order valence-electron chi connectivity index (χ0n) is 14.9. The van der Waals surface area contributed by atoms with Crippen molar-refractivity contribution in [1.82, 2.24) is 4.90 Å². The first-order chi connectivity index (χ1) is 13.1. The van der Waals surface area contributed by atoms with Gasteiger partial charge in [0.25, 0.3) is 5.91 Å². The number of ether oxygens (including phenoxy) is 4. The topological polar surface area (TPSA) is 57.2 Å². The van der Waals surface area contributed by atoms with Crippen LogP contribution in [0.1, 0.15) is 15.9 Å². The molecule has 2 aliphatic heterocycles. The van der Waals surface area contributed by atoms with E-state index in [1.165, 1.54) is 6.07 Å². The number of benzene rings is 2. The molecule has 1 fully saturated rings. The third-order valence-electron chi connectivity index (χ3n) is 4.56. The van der Waals surface area contributed by atoms with Gasteiger partial charge in [-0.2, -0.15) is 0 Å². The maximum absolute atomic E-state index is 13.8. The van der Waals surface area contributed by atoms with Crippen molar-refractivity contribution in [2.24, 2.45) is 0 Å². The Morgan fingerprint density at radius 1 is 1.22 bits per heavy atom. The minimum Gasteiger partial charge on any atom is -0.488 e. The van der Waals surface area contributed by atoms with Crippen LogP contribution in [-0.2, 0) is 4.74 Å². The van der Waals surface area contributed by atoms with Gasteiger partial charge in [0.2, 0.25) is 6.79 Å². The highest BCUT2D eigenvalue weighted by molar-refractivity contribution is 5.95. The van der Waals surface area contributed by atoms with Crippen LogP contribution in [0.2, 0.25) is 0 Å². The highest BCUT2D eigenvalue weighted by Gasteiger charge is 2.27. The van der Waals surface area contributed by atoms with Crippen LogP contribution in [0.25, 0.3) is 0 Å². The maximum Gasteiger partial charge on any atom is 0.254 e. The molecule has 0 N–H and O–H groups in total. The number of fused-ring (bicyclic) bond motifs is 1. The zero-order valence-corrected chi connectivity index (χ0v) is 14.9. The van der Waals surface area contributed by atoms with Crippen molar-refractivity contribution in [1.29, 1.82) is 0 Å². The molecule has 0 saturated carbocycles. The maximum atomic E-state index is 13.8. The van der Waals surface area contributed by atoms with Crippen molar-refractivity contribution < 1.29 is 28.1 Å². The molecule has 0 bridgehead atoms. The first-order valence-corrected chi connectivity index (χ1v) is 8.79. The van der Waals surface area contributed by atoms with Gasteiger partial charge in [-0.05, 0) is 42.8 Å². The summed E-state index contributed by atoms with van der Waals surface area (Å²) in [5.41, 5.74) is 1.45. The number of rotatable bonds is 4. The fourth-order valence-electron chi connectivity index (χ4n) is 3.12.